The van der Waals surface area contributed by atoms with Gasteiger partial charge in [-0.05, 0) is 73.6 Å². The van der Waals surface area contributed by atoms with Crippen LogP contribution in [0.3, 0.4) is 0 Å². The zero-order valence-electron chi connectivity index (χ0n) is 24.3. The molecule has 0 radical (unpaired) electrons. The lowest BCUT2D eigenvalue weighted by Crippen LogP contribution is -2.37. The van der Waals surface area contributed by atoms with Crippen LogP contribution in [0.1, 0.15) is 65.5 Å². The van der Waals surface area contributed by atoms with Crippen molar-refractivity contribution in [2.45, 2.75) is 65.6 Å². The van der Waals surface area contributed by atoms with Crippen LogP contribution < -0.4 is 8.92 Å². The molecule has 0 aliphatic carbocycles. The predicted octanol–water partition coefficient (Wildman–Crippen LogP) is 5.60. The highest BCUT2D eigenvalue weighted by atomic mass is 35.5. The Morgan fingerprint density at radius 3 is 2.70 bits per heavy atom. The topological polar surface area (TPSA) is 113 Å². The third kappa shape index (κ3) is 5.81. The second-order valence-corrected chi connectivity index (χ2v) is 12.9. The number of halogens is 1. The fourth-order valence-electron chi connectivity index (χ4n) is 5.79. The smallest absolute Gasteiger partial charge is 0.385 e. The zero-order valence-corrected chi connectivity index (χ0v) is 25.9. The Labute approximate surface area is 255 Å². The number of benzene rings is 3. The van der Waals surface area contributed by atoms with E-state index in [4.69, 9.17) is 25.3 Å². The molecule has 4 heterocycles. The van der Waals surface area contributed by atoms with E-state index in [1.807, 2.05) is 48.9 Å². The van der Waals surface area contributed by atoms with Gasteiger partial charge in [0, 0.05) is 37.2 Å². The Morgan fingerprint density at radius 1 is 1.07 bits per heavy atom. The van der Waals surface area contributed by atoms with Crippen LogP contribution in [0.5, 0.6) is 11.5 Å². The molecular formula is C31H33ClN4O6S. The summed E-state index contributed by atoms with van der Waals surface area (Å²) in [6, 6.07) is 13.2. The fourth-order valence-corrected chi connectivity index (χ4v) is 7.08. The van der Waals surface area contributed by atoms with E-state index in [-0.39, 0.29) is 48.8 Å². The summed E-state index contributed by atoms with van der Waals surface area (Å²) in [4.78, 5) is 12.8. The molecule has 7 rings (SSSR count). The van der Waals surface area contributed by atoms with Crippen molar-refractivity contribution in [1.29, 1.82) is 0 Å². The number of carbonyl (C=O) groups is 1. The Hall–Kier alpha value is -3.67. The summed E-state index contributed by atoms with van der Waals surface area (Å²) < 4.78 is 46.5. The van der Waals surface area contributed by atoms with Gasteiger partial charge in [0.05, 0.1) is 30.2 Å². The molecule has 3 aromatic carbocycles. The van der Waals surface area contributed by atoms with E-state index in [1.165, 1.54) is 10.4 Å². The maximum Gasteiger partial charge on any atom is 0.385 e. The molecule has 0 N–H and O–H groups in total. The summed E-state index contributed by atoms with van der Waals surface area (Å²) >= 11 is 6.44. The molecule has 2 atom stereocenters. The molecule has 3 aliphatic heterocycles. The van der Waals surface area contributed by atoms with Crippen LogP contribution in [0.15, 0.2) is 42.5 Å². The maximum absolute atomic E-state index is 13.2. The van der Waals surface area contributed by atoms with E-state index in [1.54, 1.807) is 13.0 Å². The molecule has 0 saturated heterocycles. The molecule has 12 heteroatoms. The number of aromatic nitrogens is 3. The third-order valence-electron chi connectivity index (χ3n) is 8.15. The highest BCUT2D eigenvalue weighted by Gasteiger charge is 2.33. The largest absolute Gasteiger partial charge is 0.492 e. The van der Waals surface area contributed by atoms with Gasteiger partial charge < -0.3 is 13.7 Å². The van der Waals surface area contributed by atoms with Gasteiger partial charge in [-0.3, -0.25) is 4.79 Å². The van der Waals surface area contributed by atoms with Crippen LogP contribution in [-0.4, -0.2) is 46.9 Å². The third-order valence-corrected chi connectivity index (χ3v) is 9.73. The molecule has 43 heavy (non-hydrogen) atoms. The van der Waals surface area contributed by atoms with E-state index in [2.05, 4.69) is 10.3 Å². The summed E-state index contributed by atoms with van der Waals surface area (Å²) in [5.41, 5.74) is 6.82. The van der Waals surface area contributed by atoms with Crippen molar-refractivity contribution in [3.63, 3.8) is 0 Å². The first-order chi connectivity index (χ1) is 20.6. The monoisotopic (exact) mass is 624 g/mol. The summed E-state index contributed by atoms with van der Waals surface area (Å²) in [5.74, 6) is 0.0271. The van der Waals surface area contributed by atoms with E-state index in [9.17, 15) is 13.2 Å². The number of esters is 1. The van der Waals surface area contributed by atoms with Gasteiger partial charge in [0.2, 0.25) is 0 Å². The van der Waals surface area contributed by atoms with Gasteiger partial charge in [0.1, 0.15) is 17.0 Å². The average Bonchev–Trinajstić information content (AvgIpc) is 3.37. The van der Waals surface area contributed by atoms with Gasteiger partial charge in [0.15, 0.2) is 0 Å². The minimum Gasteiger partial charge on any atom is -0.492 e. The van der Waals surface area contributed by atoms with Crippen LogP contribution in [0.4, 0.5) is 0 Å². The van der Waals surface area contributed by atoms with Crippen LogP contribution in [0, 0.1) is 13.8 Å². The normalized spacial score (nSPS) is 19.6. The lowest BCUT2D eigenvalue weighted by Gasteiger charge is -2.29. The number of ether oxygens (including phenoxy) is 2. The van der Waals surface area contributed by atoms with Crippen molar-refractivity contribution >= 4 is 38.9 Å². The van der Waals surface area contributed by atoms with E-state index < -0.39 is 10.3 Å². The summed E-state index contributed by atoms with van der Waals surface area (Å²) in [7, 11) is -4.09. The van der Waals surface area contributed by atoms with Crippen molar-refractivity contribution in [2.75, 3.05) is 13.2 Å². The van der Waals surface area contributed by atoms with Gasteiger partial charge in [-0.2, -0.15) is 12.7 Å². The van der Waals surface area contributed by atoms with Crippen molar-refractivity contribution in [3.05, 3.63) is 80.9 Å². The van der Waals surface area contributed by atoms with E-state index >= 15 is 0 Å². The number of fused-ring (bicyclic) bond motifs is 5. The Kier molecular flexibility index (Phi) is 8.06. The first kappa shape index (κ1) is 29.4. The van der Waals surface area contributed by atoms with Crippen molar-refractivity contribution in [3.8, 4) is 11.5 Å². The van der Waals surface area contributed by atoms with Crippen molar-refractivity contribution in [1.82, 2.24) is 19.3 Å². The molecule has 3 aliphatic rings. The summed E-state index contributed by atoms with van der Waals surface area (Å²) in [5, 5.41) is 9.21. The van der Waals surface area contributed by atoms with Gasteiger partial charge in [-0.25, -0.2) is 4.68 Å². The maximum atomic E-state index is 13.2. The van der Waals surface area contributed by atoms with E-state index in [0.29, 0.717) is 24.5 Å². The van der Waals surface area contributed by atoms with Gasteiger partial charge in [-0.1, -0.05) is 41.1 Å². The second kappa shape index (κ2) is 11.8. The first-order valence-electron chi connectivity index (χ1n) is 14.4. The fraction of sp³-hybridized carbons (Fsp3) is 0.387. The quantitative estimate of drug-likeness (QED) is 0.271. The highest BCUT2D eigenvalue weighted by Crippen LogP contribution is 2.39. The minimum absolute atomic E-state index is 0.0821. The number of hydrogen-bond acceptors (Lipinski definition) is 8. The Bertz CT molecular complexity index is 1820. The molecule has 2 unspecified atom stereocenters. The summed E-state index contributed by atoms with van der Waals surface area (Å²) in [6.07, 6.45) is 1.67. The molecule has 4 aromatic rings. The van der Waals surface area contributed by atoms with Crippen LogP contribution >= 0.6 is 11.6 Å². The van der Waals surface area contributed by atoms with Gasteiger partial charge in [0.25, 0.3) is 0 Å². The molecular weight excluding hydrogens is 592 g/mol. The lowest BCUT2D eigenvalue weighted by molar-refractivity contribution is -0.143. The molecule has 226 valence electrons. The molecule has 0 fully saturated rings. The van der Waals surface area contributed by atoms with Crippen molar-refractivity contribution < 1.29 is 26.9 Å². The standard InChI is InChI=1S/C31H33ClN4O6S/c1-4-40-30(37)15-25-21-8-7-19(2)22(13-21)17-35-18-23-14-29(26(32)16-28(23)42-43(35,38)39)41-12-6-5-11-36-27-10-9-24(25)20(3)31(27)33-34-36/h7-10,13-14,16,25H,4-6,11-12,15,17-18H2,1-3H3. The second-order valence-electron chi connectivity index (χ2n) is 11.0. The molecule has 10 nitrogen and oxygen atoms in total. The minimum atomic E-state index is -4.09. The molecule has 9 bridgehead atoms. The number of carbonyl (C=O) groups excluding carboxylic acids is 1. The SMILES string of the molecule is CCOC(=O)CC1c2ccc(C)c(c2)CN2Cc3cc(c(Cl)cc3OS2(=O)=O)OCCCCn2nnc3c(C)c1ccc32. The number of rotatable bonds is 3. The Morgan fingerprint density at radius 2 is 1.88 bits per heavy atom. The Balaban J connectivity index is 1.47. The molecule has 0 saturated carbocycles. The number of hydrogen-bond donors (Lipinski definition) is 0. The highest BCUT2D eigenvalue weighted by molar-refractivity contribution is 7.84. The first-order valence-corrected chi connectivity index (χ1v) is 16.1. The molecule has 0 amide bonds. The predicted molar refractivity (Wildman–Crippen MR) is 162 cm³/mol. The zero-order chi connectivity index (χ0) is 30.3. The lowest BCUT2D eigenvalue weighted by atomic mass is 9.84. The number of nitrogens with zero attached hydrogens (tertiary/aromatic N) is 4. The average molecular weight is 625 g/mol. The summed E-state index contributed by atoms with van der Waals surface area (Å²) in [6.45, 7) is 7.27. The molecule has 0 spiro atoms. The van der Waals surface area contributed by atoms with Crippen LogP contribution in [0.25, 0.3) is 11.0 Å². The van der Waals surface area contributed by atoms with Gasteiger partial charge >= 0.3 is 16.3 Å². The van der Waals surface area contributed by atoms with Crippen molar-refractivity contribution in [2.24, 2.45) is 0 Å². The van der Waals surface area contributed by atoms with Crippen LogP contribution in [-0.2, 0) is 39.5 Å². The van der Waals surface area contributed by atoms with Crippen LogP contribution in [0.2, 0.25) is 5.02 Å². The molecule has 1 aromatic heterocycles. The van der Waals surface area contributed by atoms with E-state index in [0.717, 1.165) is 51.7 Å². The van der Waals surface area contributed by atoms with Gasteiger partial charge in [-0.15, -0.1) is 5.10 Å². The number of aryl methyl sites for hydroxylation is 3.